The number of carbonyl (C=O) groups excluding carboxylic acids is 6. The lowest BCUT2D eigenvalue weighted by molar-refractivity contribution is -0.184. The second-order valence-corrected chi connectivity index (χ2v) is 12.0. The molecule has 40 heavy (non-hydrogen) atoms. The van der Waals surface area contributed by atoms with Crippen LogP contribution in [0.3, 0.4) is 0 Å². The molecule has 206 valence electrons. The maximum atomic E-state index is 14.7. The molecule has 6 atom stereocenters. The lowest BCUT2D eigenvalue weighted by Gasteiger charge is -2.62. The summed E-state index contributed by atoms with van der Waals surface area (Å²) in [6, 6.07) is 0. The molecule has 0 fully saturated rings. The van der Waals surface area contributed by atoms with Crippen LogP contribution >= 0.6 is 31.9 Å². The van der Waals surface area contributed by atoms with Crippen LogP contribution < -0.4 is 0 Å². The first-order valence-electron chi connectivity index (χ1n) is 12.0. The number of ketones is 2. The van der Waals surface area contributed by atoms with Crippen LogP contribution in [0.15, 0.2) is 67.7 Å². The van der Waals surface area contributed by atoms with E-state index in [0.717, 1.165) is 28.4 Å². The zero-order chi connectivity index (χ0) is 29.2. The van der Waals surface area contributed by atoms with Crippen molar-refractivity contribution >= 4 is 67.3 Å². The summed E-state index contributed by atoms with van der Waals surface area (Å²) in [4.78, 5) is 84.4. The fraction of sp³-hybridized carbons (Fsp3) is 0.357. The summed E-state index contributed by atoms with van der Waals surface area (Å²) in [6.07, 6.45) is 9.20. The largest absolute Gasteiger partial charge is 0.468 e. The van der Waals surface area contributed by atoms with Gasteiger partial charge in [-0.2, -0.15) is 0 Å². The number of hydrogen-bond donors (Lipinski definition) is 0. The average Bonchev–Trinajstić information content (AvgIpc) is 3.07. The fourth-order valence-electron chi connectivity index (χ4n) is 8.23. The molecule has 0 saturated carbocycles. The first kappa shape index (κ1) is 26.8. The maximum Gasteiger partial charge on any atom is 0.341 e. The van der Waals surface area contributed by atoms with Gasteiger partial charge in [0.15, 0.2) is 22.4 Å². The van der Waals surface area contributed by atoms with Gasteiger partial charge in [-0.05, 0) is 17.2 Å². The third-order valence-electron chi connectivity index (χ3n) is 9.38. The van der Waals surface area contributed by atoms with Crippen LogP contribution in [-0.4, -0.2) is 63.9 Å². The smallest absolute Gasteiger partial charge is 0.341 e. The van der Waals surface area contributed by atoms with Gasteiger partial charge in [-0.15, -0.1) is 0 Å². The van der Waals surface area contributed by atoms with Crippen LogP contribution in [0.5, 0.6) is 0 Å². The Balaban J connectivity index is 1.98. The molecule has 0 aromatic carbocycles. The summed E-state index contributed by atoms with van der Waals surface area (Å²) in [5.41, 5.74) is -9.06. The molecular weight excluding hydrogens is 656 g/mol. The molecule has 0 saturated heterocycles. The summed E-state index contributed by atoms with van der Waals surface area (Å²) in [7, 11) is 4.41. The van der Waals surface area contributed by atoms with Gasteiger partial charge < -0.3 is 18.9 Å². The summed E-state index contributed by atoms with van der Waals surface area (Å²) in [6.45, 7) is 0. The van der Waals surface area contributed by atoms with E-state index < -0.39 is 80.1 Å². The Kier molecular flexibility index (Phi) is 5.43. The third-order valence-corrected chi connectivity index (χ3v) is 10.8. The van der Waals surface area contributed by atoms with Crippen LogP contribution in [0.25, 0.3) is 0 Å². The van der Waals surface area contributed by atoms with E-state index in [0.29, 0.717) is 0 Å². The predicted octanol–water partition coefficient (Wildman–Crippen LogP) is 2.34. The van der Waals surface area contributed by atoms with Crippen molar-refractivity contribution in [2.75, 3.05) is 28.4 Å². The standard InChI is InChI=1S/C28H20Br2O10/c1-37-21(33)17-13-6-5-11-16(30)10-26(13)25-8-7-12(28(26,19(17)31)24(36)40-4)15(29)9-14(25)18(22(34)38-2)20(32)27(11,25)23(35)39-3/h5-12H,1-4H3/t11-,12-,25-,26+,27-,28+/m0/s1. The van der Waals surface area contributed by atoms with E-state index in [1.807, 2.05) is 0 Å². The van der Waals surface area contributed by atoms with Crippen LogP contribution in [0, 0.1) is 33.5 Å². The van der Waals surface area contributed by atoms with Gasteiger partial charge >= 0.3 is 23.9 Å². The predicted molar refractivity (Wildman–Crippen MR) is 141 cm³/mol. The van der Waals surface area contributed by atoms with Crippen molar-refractivity contribution in [3.63, 3.8) is 0 Å². The number of carbonyl (C=O) groups is 6. The lowest BCUT2D eigenvalue weighted by atomic mass is 9.35. The molecule has 8 rings (SSSR count). The summed E-state index contributed by atoms with van der Waals surface area (Å²) < 4.78 is 21.1. The molecule has 2 spiro atoms. The van der Waals surface area contributed by atoms with Gasteiger partial charge in [0, 0.05) is 20.8 Å². The summed E-state index contributed by atoms with van der Waals surface area (Å²) in [5.74, 6) is -7.96. The first-order valence-corrected chi connectivity index (χ1v) is 13.6. The van der Waals surface area contributed by atoms with Crippen molar-refractivity contribution in [1.82, 2.24) is 0 Å². The van der Waals surface area contributed by atoms with E-state index in [1.165, 1.54) is 18.2 Å². The van der Waals surface area contributed by atoms with Crippen molar-refractivity contribution in [2.24, 2.45) is 33.5 Å². The Morgan fingerprint density at radius 2 is 1.20 bits per heavy atom. The van der Waals surface area contributed by atoms with Crippen molar-refractivity contribution in [1.29, 1.82) is 0 Å². The Bertz CT molecular complexity index is 1610. The van der Waals surface area contributed by atoms with Gasteiger partial charge in [-0.3, -0.25) is 19.2 Å². The number of methoxy groups -OCH3 is 4. The van der Waals surface area contributed by atoms with Gasteiger partial charge in [0.05, 0.1) is 39.3 Å². The van der Waals surface area contributed by atoms with Crippen molar-refractivity contribution < 1.29 is 47.7 Å². The highest BCUT2D eigenvalue weighted by Gasteiger charge is 2.90. The molecular formula is C28H20Br2O10. The minimum Gasteiger partial charge on any atom is -0.468 e. The molecule has 4 bridgehead atoms. The Labute approximate surface area is 244 Å². The monoisotopic (exact) mass is 674 g/mol. The molecule has 8 aliphatic rings. The van der Waals surface area contributed by atoms with Crippen LogP contribution in [0.2, 0.25) is 0 Å². The molecule has 0 N–H and O–H groups in total. The topological polar surface area (TPSA) is 139 Å². The molecule has 0 aliphatic heterocycles. The number of allylic oxidation sites excluding steroid dienone is 10. The molecule has 0 amide bonds. The van der Waals surface area contributed by atoms with E-state index in [-0.39, 0.29) is 20.1 Å². The van der Waals surface area contributed by atoms with Gasteiger partial charge in [0.1, 0.15) is 11.1 Å². The summed E-state index contributed by atoms with van der Waals surface area (Å²) in [5, 5.41) is 0. The van der Waals surface area contributed by atoms with Gasteiger partial charge in [0.25, 0.3) is 0 Å². The zero-order valence-electron chi connectivity index (χ0n) is 21.5. The molecule has 0 heterocycles. The van der Waals surface area contributed by atoms with E-state index in [2.05, 4.69) is 31.9 Å². The van der Waals surface area contributed by atoms with E-state index in [4.69, 9.17) is 18.9 Å². The van der Waals surface area contributed by atoms with E-state index >= 15 is 0 Å². The first-order chi connectivity index (χ1) is 19.0. The maximum absolute atomic E-state index is 14.7. The van der Waals surface area contributed by atoms with Crippen molar-refractivity contribution in [2.45, 2.75) is 0 Å². The van der Waals surface area contributed by atoms with E-state index in [9.17, 15) is 28.8 Å². The summed E-state index contributed by atoms with van der Waals surface area (Å²) >= 11 is 7.03. The third kappa shape index (κ3) is 2.26. The van der Waals surface area contributed by atoms with Crippen LogP contribution in [0.1, 0.15) is 0 Å². The SMILES string of the molecule is COC(=O)C1=C2C=C[C@H]3C(Br)=C[C@@]24[C@@](C(=O)OC)(C1=O)[C@H]1C=C[C@]42C(=C(C(=O)OC)C(=O)[C@]32C(=O)OC)C=C1Br. The second kappa shape index (κ2) is 8.10. The van der Waals surface area contributed by atoms with Crippen molar-refractivity contribution in [3.05, 3.63) is 67.7 Å². The van der Waals surface area contributed by atoms with Crippen LogP contribution in [0.4, 0.5) is 0 Å². The number of ether oxygens (including phenoxy) is 4. The molecule has 0 aromatic heterocycles. The number of halogens is 2. The van der Waals surface area contributed by atoms with Gasteiger partial charge in [0.2, 0.25) is 0 Å². The quantitative estimate of drug-likeness (QED) is 0.143. The number of rotatable bonds is 4. The minimum atomic E-state index is -2.24. The molecule has 0 aromatic rings. The fourth-order valence-corrected chi connectivity index (χ4v) is 9.80. The zero-order valence-corrected chi connectivity index (χ0v) is 24.6. The molecule has 0 unspecified atom stereocenters. The Morgan fingerprint density at radius 3 is 1.73 bits per heavy atom. The highest BCUT2D eigenvalue weighted by molar-refractivity contribution is 9.12. The van der Waals surface area contributed by atoms with Gasteiger partial charge in [-0.25, -0.2) is 9.59 Å². The second-order valence-electron chi connectivity index (χ2n) is 10.2. The normalized spacial score (nSPS) is 37.5. The van der Waals surface area contributed by atoms with Crippen LogP contribution in [-0.2, 0) is 47.7 Å². The van der Waals surface area contributed by atoms with Gasteiger partial charge in [-0.1, -0.05) is 62.2 Å². The minimum absolute atomic E-state index is 0.0486. The molecule has 8 aliphatic carbocycles. The number of hydrogen-bond acceptors (Lipinski definition) is 10. The number of esters is 4. The van der Waals surface area contributed by atoms with E-state index in [1.54, 1.807) is 18.2 Å². The average molecular weight is 676 g/mol. The lowest BCUT2D eigenvalue weighted by Crippen LogP contribution is -2.70. The Hall–Kier alpha value is -3.38. The van der Waals surface area contributed by atoms with Crippen molar-refractivity contribution in [3.8, 4) is 0 Å². The molecule has 0 radical (unpaired) electrons. The highest BCUT2D eigenvalue weighted by Crippen LogP contribution is 2.84. The number of Topliss-reactive ketones (excluding diaryl/α,β-unsaturated/α-hetero) is 2. The Morgan fingerprint density at radius 1 is 0.700 bits per heavy atom. The molecule has 12 heteroatoms. The highest BCUT2D eigenvalue weighted by atomic mass is 79.9. The molecule has 10 nitrogen and oxygen atoms in total.